The van der Waals surface area contributed by atoms with Crippen molar-refractivity contribution in [1.82, 2.24) is 0 Å². The normalized spacial score (nSPS) is 21.8. The van der Waals surface area contributed by atoms with Crippen molar-refractivity contribution in [3.8, 4) is 0 Å². The van der Waals surface area contributed by atoms with Crippen LogP contribution in [0.25, 0.3) is 0 Å². The Balaban J connectivity index is 0.000000478. The summed E-state index contributed by atoms with van der Waals surface area (Å²) < 4.78 is 86.4. The van der Waals surface area contributed by atoms with Gasteiger partial charge in [-0.05, 0) is 265 Å². The van der Waals surface area contributed by atoms with Gasteiger partial charge in [0.1, 0.15) is 23.3 Å². The summed E-state index contributed by atoms with van der Waals surface area (Å²) in [5, 5.41) is 0. The van der Waals surface area contributed by atoms with Crippen LogP contribution in [0.3, 0.4) is 0 Å². The summed E-state index contributed by atoms with van der Waals surface area (Å²) in [5.74, 6) is 3.12. The van der Waals surface area contributed by atoms with Crippen LogP contribution >= 0.6 is 0 Å². The number of allylic oxidation sites excluding steroid dienone is 4. The van der Waals surface area contributed by atoms with E-state index in [0.717, 1.165) is 59.8 Å². The third-order valence-corrected chi connectivity index (χ3v) is 16.3. The molecule has 5 aromatic rings. The summed E-state index contributed by atoms with van der Waals surface area (Å²) in [7, 11) is 0. The first-order valence-electron chi connectivity index (χ1n) is 32.2. The molecule has 0 aromatic heterocycles. The average Bonchev–Trinajstić information content (AvgIpc) is 3.69. The Kier molecular flexibility index (Phi) is 40.2. The second-order valence-electron chi connectivity index (χ2n) is 26.2. The summed E-state index contributed by atoms with van der Waals surface area (Å²) in [6, 6.07) is 24.4. The van der Waals surface area contributed by atoms with Crippen molar-refractivity contribution < 1.29 is 35.8 Å². The fourth-order valence-corrected chi connectivity index (χ4v) is 9.17. The molecule has 6 unspecified atom stereocenters. The molecular formula is C78H116F6O2. The van der Waals surface area contributed by atoms with Crippen molar-refractivity contribution in [1.29, 1.82) is 0 Å². The molecule has 3 fully saturated rings. The van der Waals surface area contributed by atoms with Gasteiger partial charge in [0.25, 0.3) is 0 Å². The molecule has 10 rings (SSSR count). The molecule has 5 aliphatic rings. The molecule has 0 radical (unpaired) electrons. The summed E-state index contributed by atoms with van der Waals surface area (Å²) in [6.07, 6.45) is 25.0. The first-order chi connectivity index (χ1) is 40.4. The maximum Gasteiger partial charge on any atom is 0.161 e. The van der Waals surface area contributed by atoms with Gasteiger partial charge in [0.2, 0.25) is 0 Å². The van der Waals surface area contributed by atoms with E-state index in [2.05, 4.69) is 120 Å². The Morgan fingerprint density at radius 3 is 0.802 bits per heavy atom. The molecule has 0 bridgehead atoms. The monoisotopic (exact) mass is 1200 g/mol. The molecule has 2 saturated heterocycles. The van der Waals surface area contributed by atoms with Crippen LogP contribution in [0.2, 0.25) is 0 Å². The summed E-state index contributed by atoms with van der Waals surface area (Å²) in [6.45, 7) is 42.2. The zero-order chi connectivity index (χ0) is 65.1. The minimum atomic E-state index is -0.736. The first kappa shape index (κ1) is 79.1. The van der Waals surface area contributed by atoms with Crippen molar-refractivity contribution in [3.05, 3.63) is 199 Å². The zero-order valence-corrected chi connectivity index (χ0v) is 57.3. The van der Waals surface area contributed by atoms with Gasteiger partial charge < -0.3 is 9.47 Å². The van der Waals surface area contributed by atoms with E-state index in [9.17, 15) is 26.3 Å². The van der Waals surface area contributed by atoms with Crippen molar-refractivity contribution in [3.63, 3.8) is 0 Å². The van der Waals surface area contributed by atoms with Crippen molar-refractivity contribution in [2.75, 3.05) is 13.2 Å². The highest BCUT2D eigenvalue weighted by atomic mass is 19.2. The van der Waals surface area contributed by atoms with Crippen LogP contribution in [0.1, 0.15) is 215 Å². The van der Waals surface area contributed by atoms with Crippen LogP contribution in [0.4, 0.5) is 26.3 Å². The number of halogens is 6. The van der Waals surface area contributed by atoms with Crippen LogP contribution in [0.15, 0.2) is 108 Å². The van der Waals surface area contributed by atoms with E-state index >= 15 is 0 Å². The van der Waals surface area contributed by atoms with Crippen LogP contribution in [0.5, 0.6) is 0 Å². The van der Waals surface area contributed by atoms with Crippen LogP contribution in [-0.4, -0.2) is 25.4 Å². The van der Waals surface area contributed by atoms with Gasteiger partial charge in [0.15, 0.2) is 11.6 Å². The zero-order valence-electron chi connectivity index (χ0n) is 57.3. The second-order valence-corrected chi connectivity index (χ2v) is 26.2. The van der Waals surface area contributed by atoms with E-state index in [-0.39, 0.29) is 23.3 Å². The predicted octanol–water partition coefficient (Wildman–Crippen LogP) is 24.3. The molecular weight excluding hydrogens is 1080 g/mol. The fourth-order valence-electron chi connectivity index (χ4n) is 9.17. The third-order valence-electron chi connectivity index (χ3n) is 16.3. The van der Waals surface area contributed by atoms with E-state index in [4.69, 9.17) is 9.47 Å². The van der Waals surface area contributed by atoms with Crippen LogP contribution in [-0.2, 0) is 9.47 Å². The SMILES string of the molecule is CC1=CCC(C)CC1.CC1=CCC(C)CC1.CC1CCC(C)CC1.CC1CCC(C)OC1.CC1CCC(C)OC1.Cc1cc(F)c(C)cc1F.Cc1ccc(C)c(F)c1.Cc1ccc(C)c(F)c1.Cc1ccc(C)c(F)c1F.Cc1ccc(C)cc1. The fraction of sp³-hybridized carbons (Fsp3) is 0.564. The second kappa shape index (κ2) is 43.7. The Morgan fingerprint density at radius 1 is 0.291 bits per heavy atom. The Morgan fingerprint density at radius 2 is 0.570 bits per heavy atom. The summed E-state index contributed by atoms with van der Waals surface area (Å²) in [4.78, 5) is 0. The lowest BCUT2D eigenvalue weighted by molar-refractivity contribution is 0.000174. The lowest BCUT2D eigenvalue weighted by Gasteiger charge is -2.23. The molecule has 1 saturated carbocycles. The molecule has 0 N–H and O–H groups in total. The number of rotatable bonds is 0. The maximum absolute atomic E-state index is 12.6. The highest BCUT2D eigenvalue weighted by Crippen LogP contribution is 2.28. The Hall–Kier alpha value is -4.92. The molecule has 8 heteroatoms. The van der Waals surface area contributed by atoms with Gasteiger partial charge in [0.05, 0.1) is 12.2 Å². The minimum Gasteiger partial charge on any atom is -0.378 e. The summed E-state index contributed by atoms with van der Waals surface area (Å²) >= 11 is 0. The van der Waals surface area contributed by atoms with Gasteiger partial charge in [0, 0.05) is 13.2 Å². The average molecular weight is 1200 g/mol. The molecule has 2 heterocycles. The number of benzene rings is 5. The third kappa shape index (κ3) is 37.0. The van der Waals surface area contributed by atoms with Gasteiger partial charge in [-0.3, -0.25) is 0 Å². The van der Waals surface area contributed by atoms with E-state index < -0.39 is 11.6 Å². The van der Waals surface area contributed by atoms with Gasteiger partial charge in [-0.2, -0.15) is 0 Å². The van der Waals surface area contributed by atoms with Gasteiger partial charge in [-0.25, -0.2) is 26.3 Å². The standard InChI is InChI=1S/2C8H8F2.2C8H9F.C8H16.2C8H14.C8H10.2C7H14O/c1-5-3-8(10)6(2)4-7(5)9;1-5-3-4-6(2)8(10)7(5)9;2*1-6-3-4-7(2)8(9)5-6;4*1-7-3-5-8(2)6-4-7;2*1-6-3-4-7(2)8-5-6/h2*3-4H,1-2H3;2*3-5H,1-2H3;7-8H,3-6H2,1-2H3;2*3,8H,4-6H2,1-2H3;3-6H,1-2H3;2*6-7H,3-5H2,1-2H3. The van der Waals surface area contributed by atoms with E-state index in [0.29, 0.717) is 45.6 Å². The number of aryl methyl sites for hydroxylation is 10. The van der Waals surface area contributed by atoms with Gasteiger partial charge >= 0.3 is 0 Å². The molecule has 482 valence electrons. The summed E-state index contributed by atoms with van der Waals surface area (Å²) in [5.41, 5.74) is 10.6. The highest BCUT2D eigenvalue weighted by Gasteiger charge is 2.15. The molecule has 2 nitrogen and oxygen atoms in total. The van der Waals surface area contributed by atoms with Gasteiger partial charge in [-0.15, -0.1) is 0 Å². The van der Waals surface area contributed by atoms with Crippen molar-refractivity contribution in [2.45, 2.75) is 241 Å². The van der Waals surface area contributed by atoms with Crippen LogP contribution in [0, 0.1) is 140 Å². The molecule has 0 amide bonds. The molecule has 86 heavy (non-hydrogen) atoms. The minimum absolute atomic E-state index is 0.116. The molecule has 2 aliphatic heterocycles. The number of hydrogen-bond acceptors (Lipinski definition) is 2. The lowest BCUT2D eigenvalue weighted by atomic mass is 9.84. The van der Waals surface area contributed by atoms with Crippen LogP contribution < -0.4 is 0 Å². The smallest absolute Gasteiger partial charge is 0.161 e. The Bertz CT molecular complexity index is 2430. The maximum atomic E-state index is 12.6. The molecule has 6 atom stereocenters. The molecule has 0 spiro atoms. The van der Waals surface area contributed by atoms with E-state index in [1.807, 2.05) is 26.0 Å². The van der Waals surface area contributed by atoms with Gasteiger partial charge in [-0.1, -0.05) is 162 Å². The topological polar surface area (TPSA) is 18.5 Å². The largest absolute Gasteiger partial charge is 0.378 e. The number of hydrogen-bond donors (Lipinski definition) is 0. The lowest BCUT2D eigenvalue weighted by Crippen LogP contribution is -2.21. The van der Waals surface area contributed by atoms with Crippen molar-refractivity contribution >= 4 is 0 Å². The predicted molar refractivity (Wildman–Crippen MR) is 357 cm³/mol. The molecule has 5 aromatic carbocycles. The van der Waals surface area contributed by atoms with E-state index in [1.165, 1.54) is 153 Å². The van der Waals surface area contributed by atoms with E-state index in [1.54, 1.807) is 49.3 Å². The number of ether oxygens (including phenoxy) is 2. The highest BCUT2D eigenvalue weighted by molar-refractivity contribution is 5.26. The first-order valence-corrected chi connectivity index (χ1v) is 32.2. The Labute approximate surface area is 521 Å². The van der Waals surface area contributed by atoms with Crippen molar-refractivity contribution in [2.24, 2.45) is 35.5 Å². The quantitative estimate of drug-likeness (QED) is 0.114. The molecule has 3 aliphatic carbocycles.